The molecule has 2 aromatic rings. The maximum atomic E-state index is 12.3. The predicted molar refractivity (Wildman–Crippen MR) is 113 cm³/mol. The maximum absolute atomic E-state index is 12.3. The molecule has 1 atom stereocenters. The summed E-state index contributed by atoms with van der Waals surface area (Å²) in [5, 5.41) is 2.94. The van der Waals surface area contributed by atoms with Crippen LogP contribution in [0.25, 0.3) is 0 Å². The fourth-order valence-electron chi connectivity index (χ4n) is 2.95. The van der Waals surface area contributed by atoms with E-state index in [1.165, 1.54) is 5.56 Å². The Kier molecular flexibility index (Phi) is 7.12. The number of thioether (sulfide) groups is 1. The van der Waals surface area contributed by atoms with Gasteiger partial charge in [-0.3, -0.25) is 4.79 Å². The van der Waals surface area contributed by atoms with Gasteiger partial charge in [0.2, 0.25) is 5.91 Å². The van der Waals surface area contributed by atoms with Gasteiger partial charge in [-0.25, -0.2) is 4.98 Å². The highest BCUT2D eigenvalue weighted by atomic mass is 32.2. The summed E-state index contributed by atoms with van der Waals surface area (Å²) in [7, 11) is 2.15. The van der Waals surface area contributed by atoms with E-state index in [1.807, 2.05) is 31.3 Å². The standard InChI is InChI=1S/C21H28N4OS/c1-17(27-16-18-6-4-3-5-7-18)21(26)23-15-19-8-9-20(22-14-19)25-12-10-24(2)11-13-25/h3-9,14,17H,10-13,15-16H2,1-2H3,(H,23,26)/t17-/m0/s1. The number of rotatable bonds is 7. The zero-order valence-corrected chi connectivity index (χ0v) is 16.9. The summed E-state index contributed by atoms with van der Waals surface area (Å²) < 4.78 is 0. The van der Waals surface area contributed by atoms with E-state index in [9.17, 15) is 4.79 Å². The summed E-state index contributed by atoms with van der Waals surface area (Å²) in [6, 6.07) is 14.4. The molecular weight excluding hydrogens is 356 g/mol. The van der Waals surface area contributed by atoms with Crippen LogP contribution in [0.3, 0.4) is 0 Å². The highest BCUT2D eigenvalue weighted by molar-refractivity contribution is 7.99. The lowest BCUT2D eigenvalue weighted by Crippen LogP contribution is -2.44. The van der Waals surface area contributed by atoms with Gasteiger partial charge in [0.05, 0.1) is 5.25 Å². The first-order chi connectivity index (χ1) is 13.1. The van der Waals surface area contributed by atoms with Gasteiger partial charge in [0, 0.05) is 44.7 Å². The van der Waals surface area contributed by atoms with Crippen molar-refractivity contribution in [2.24, 2.45) is 0 Å². The van der Waals surface area contributed by atoms with E-state index in [1.54, 1.807) is 11.8 Å². The van der Waals surface area contributed by atoms with E-state index in [0.717, 1.165) is 43.3 Å². The number of hydrogen-bond acceptors (Lipinski definition) is 5. The molecule has 0 spiro atoms. The SMILES string of the molecule is C[C@H](SCc1ccccc1)C(=O)NCc1ccc(N2CCN(C)CC2)nc1. The van der Waals surface area contributed by atoms with Crippen molar-refractivity contribution < 1.29 is 4.79 Å². The largest absolute Gasteiger partial charge is 0.354 e. The van der Waals surface area contributed by atoms with Gasteiger partial charge in [-0.2, -0.15) is 0 Å². The fourth-order valence-corrected chi connectivity index (χ4v) is 3.82. The molecule has 27 heavy (non-hydrogen) atoms. The van der Waals surface area contributed by atoms with E-state index >= 15 is 0 Å². The number of nitrogens with zero attached hydrogens (tertiary/aromatic N) is 3. The zero-order chi connectivity index (χ0) is 19.1. The summed E-state index contributed by atoms with van der Waals surface area (Å²) in [6.07, 6.45) is 1.87. The van der Waals surface area contributed by atoms with Crippen LogP contribution in [0.4, 0.5) is 5.82 Å². The van der Waals surface area contributed by atoms with Gasteiger partial charge in [0.25, 0.3) is 0 Å². The number of pyridine rings is 1. The first-order valence-corrected chi connectivity index (χ1v) is 10.5. The summed E-state index contributed by atoms with van der Waals surface area (Å²) in [5.74, 6) is 1.93. The predicted octanol–water partition coefficient (Wildman–Crippen LogP) is 2.77. The highest BCUT2D eigenvalue weighted by Crippen LogP contribution is 2.18. The smallest absolute Gasteiger partial charge is 0.233 e. The normalized spacial score (nSPS) is 16.1. The maximum Gasteiger partial charge on any atom is 0.233 e. The Hall–Kier alpha value is -2.05. The molecule has 0 radical (unpaired) electrons. The monoisotopic (exact) mass is 384 g/mol. The molecule has 1 aromatic carbocycles. The van der Waals surface area contributed by atoms with Crippen molar-refractivity contribution in [2.75, 3.05) is 38.1 Å². The summed E-state index contributed by atoms with van der Waals surface area (Å²) in [5.41, 5.74) is 2.27. The second kappa shape index (κ2) is 9.76. The molecule has 1 aliphatic heterocycles. The zero-order valence-electron chi connectivity index (χ0n) is 16.1. The average Bonchev–Trinajstić information content (AvgIpc) is 2.72. The van der Waals surface area contributed by atoms with Crippen molar-refractivity contribution in [1.82, 2.24) is 15.2 Å². The van der Waals surface area contributed by atoms with Crippen molar-refractivity contribution in [2.45, 2.75) is 24.5 Å². The molecule has 0 aliphatic carbocycles. The quantitative estimate of drug-likeness (QED) is 0.795. The van der Waals surface area contributed by atoms with Crippen LogP contribution in [-0.2, 0) is 17.1 Å². The van der Waals surface area contributed by atoms with Gasteiger partial charge in [-0.05, 0) is 31.2 Å². The Morgan fingerprint density at radius 2 is 1.85 bits per heavy atom. The first kappa shape index (κ1) is 19.7. The molecule has 1 aliphatic rings. The Labute approximate surface area is 166 Å². The van der Waals surface area contributed by atoms with E-state index in [4.69, 9.17) is 0 Å². The third-order valence-corrected chi connectivity index (χ3v) is 6.03. The van der Waals surface area contributed by atoms with Crippen LogP contribution >= 0.6 is 11.8 Å². The second-order valence-corrected chi connectivity index (χ2v) is 8.30. The number of aromatic nitrogens is 1. The van der Waals surface area contributed by atoms with Gasteiger partial charge in [0.15, 0.2) is 0 Å². The topological polar surface area (TPSA) is 48.5 Å². The first-order valence-electron chi connectivity index (χ1n) is 9.43. The minimum Gasteiger partial charge on any atom is -0.354 e. The number of carbonyl (C=O) groups is 1. The number of hydrogen-bond donors (Lipinski definition) is 1. The van der Waals surface area contributed by atoms with Crippen molar-refractivity contribution in [3.63, 3.8) is 0 Å². The molecule has 0 bridgehead atoms. The molecule has 1 N–H and O–H groups in total. The van der Waals surface area contributed by atoms with Crippen LogP contribution in [0.15, 0.2) is 48.7 Å². The molecular formula is C21H28N4OS. The fraction of sp³-hybridized carbons (Fsp3) is 0.429. The molecule has 2 heterocycles. The van der Waals surface area contributed by atoms with Crippen LogP contribution < -0.4 is 10.2 Å². The number of anilines is 1. The van der Waals surface area contributed by atoms with Crippen LogP contribution in [0, 0.1) is 0 Å². The summed E-state index contributed by atoms with van der Waals surface area (Å²) in [4.78, 5) is 21.5. The van der Waals surface area contributed by atoms with Gasteiger partial charge in [0.1, 0.15) is 5.82 Å². The third kappa shape index (κ3) is 5.97. The average molecular weight is 385 g/mol. The number of benzene rings is 1. The van der Waals surface area contributed by atoms with Gasteiger partial charge in [-0.15, -0.1) is 11.8 Å². The molecule has 1 fully saturated rings. The summed E-state index contributed by atoms with van der Waals surface area (Å²) in [6.45, 7) is 6.63. The van der Waals surface area contributed by atoms with E-state index in [0.29, 0.717) is 6.54 Å². The minimum atomic E-state index is -0.0808. The minimum absolute atomic E-state index is 0.0686. The number of carbonyl (C=O) groups excluding carboxylic acids is 1. The molecule has 144 valence electrons. The van der Waals surface area contributed by atoms with Crippen molar-refractivity contribution in [1.29, 1.82) is 0 Å². The Bertz CT molecular complexity index is 715. The van der Waals surface area contributed by atoms with Gasteiger partial charge >= 0.3 is 0 Å². The lowest BCUT2D eigenvalue weighted by atomic mass is 10.2. The van der Waals surface area contributed by atoms with E-state index in [2.05, 4.69) is 51.4 Å². The van der Waals surface area contributed by atoms with Gasteiger partial charge in [-0.1, -0.05) is 36.4 Å². The number of nitrogens with one attached hydrogen (secondary N) is 1. The molecule has 0 saturated carbocycles. The number of likely N-dealkylation sites (N-methyl/N-ethyl adjacent to an activating group) is 1. The lowest BCUT2D eigenvalue weighted by molar-refractivity contribution is -0.120. The molecule has 1 aromatic heterocycles. The Morgan fingerprint density at radius 1 is 1.11 bits per heavy atom. The Morgan fingerprint density at radius 3 is 2.52 bits per heavy atom. The molecule has 0 unspecified atom stereocenters. The number of amides is 1. The summed E-state index contributed by atoms with van der Waals surface area (Å²) >= 11 is 1.66. The van der Waals surface area contributed by atoms with Crippen LogP contribution in [0.5, 0.6) is 0 Å². The van der Waals surface area contributed by atoms with Crippen molar-refractivity contribution in [3.8, 4) is 0 Å². The lowest BCUT2D eigenvalue weighted by Gasteiger charge is -2.33. The molecule has 5 nitrogen and oxygen atoms in total. The molecule has 1 amide bonds. The number of piperazine rings is 1. The Balaban J connectivity index is 1.43. The highest BCUT2D eigenvalue weighted by Gasteiger charge is 2.16. The van der Waals surface area contributed by atoms with Crippen molar-refractivity contribution >= 4 is 23.5 Å². The van der Waals surface area contributed by atoms with Gasteiger partial charge < -0.3 is 15.1 Å². The van der Waals surface area contributed by atoms with Crippen LogP contribution in [0.1, 0.15) is 18.1 Å². The van der Waals surface area contributed by atoms with Crippen LogP contribution in [-0.4, -0.2) is 54.3 Å². The van der Waals surface area contributed by atoms with Crippen LogP contribution in [0.2, 0.25) is 0 Å². The van der Waals surface area contributed by atoms with Crippen molar-refractivity contribution in [3.05, 3.63) is 59.8 Å². The van der Waals surface area contributed by atoms with E-state index in [-0.39, 0.29) is 11.2 Å². The molecule has 3 rings (SSSR count). The second-order valence-electron chi connectivity index (χ2n) is 6.97. The van der Waals surface area contributed by atoms with E-state index < -0.39 is 0 Å². The third-order valence-electron chi connectivity index (χ3n) is 4.82. The molecule has 1 saturated heterocycles. The molecule has 6 heteroatoms.